The third kappa shape index (κ3) is 4.76. The molecule has 0 saturated carbocycles. The third-order valence-electron chi connectivity index (χ3n) is 3.05. The van der Waals surface area contributed by atoms with Crippen molar-refractivity contribution >= 4 is 12.1 Å². The van der Waals surface area contributed by atoms with Crippen LogP contribution in [0.15, 0.2) is 22.9 Å². The quantitative estimate of drug-likeness (QED) is 0.514. The van der Waals surface area contributed by atoms with Gasteiger partial charge in [-0.15, -0.1) is 0 Å². The van der Waals surface area contributed by atoms with E-state index in [1.165, 1.54) is 42.5 Å². The summed E-state index contributed by atoms with van der Waals surface area (Å²) in [6.07, 6.45) is 8.76. The molecule has 0 heterocycles. The van der Waals surface area contributed by atoms with Gasteiger partial charge in [0, 0.05) is 24.4 Å². The summed E-state index contributed by atoms with van der Waals surface area (Å²) in [6, 6.07) is 0. The van der Waals surface area contributed by atoms with Crippen LogP contribution in [0.2, 0.25) is 0 Å². The molecule has 0 unspecified atom stereocenters. The van der Waals surface area contributed by atoms with E-state index in [-0.39, 0.29) is 0 Å². The minimum Gasteiger partial charge on any atom is -0.303 e. The van der Waals surface area contributed by atoms with E-state index in [0.29, 0.717) is 0 Å². The van der Waals surface area contributed by atoms with Gasteiger partial charge in [-0.3, -0.25) is 0 Å². The molecule has 1 aliphatic carbocycles. The van der Waals surface area contributed by atoms with Gasteiger partial charge in [-0.1, -0.05) is 31.8 Å². The maximum absolute atomic E-state index is 3.20. The highest BCUT2D eigenvalue weighted by molar-refractivity contribution is 7.95. The molecule has 0 radical (unpaired) electrons. The Hall–Kier alpha value is -0.410. The maximum Gasteiger partial charge on any atom is 0.0473 e. The fraction of sp³-hybridized carbons (Fsp3) is 0.714. The molecule has 17 heavy (non-hydrogen) atoms. The first-order valence-corrected chi connectivity index (χ1v) is 7.44. The Morgan fingerprint density at radius 3 is 2.59 bits per heavy atom. The van der Waals surface area contributed by atoms with Crippen molar-refractivity contribution in [1.29, 1.82) is 0 Å². The standard InChI is InChI=1S/C14H26N2S/c1-5-6-7-8-9-16(17-15-4)14-11-12(2)10-13(14)3/h11,15H,5-10H2,1-4H3. The van der Waals surface area contributed by atoms with Crippen LogP contribution in [0.1, 0.15) is 52.9 Å². The van der Waals surface area contributed by atoms with Gasteiger partial charge in [-0.2, -0.15) is 0 Å². The van der Waals surface area contributed by atoms with E-state index in [0.717, 1.165) is 13.0 Å². The van der Waals surface area contributed by atoms with Gasteiger partial charge in [-0.05, 0) is 45.4 Å². The molecule has 0 amide bonds. The van der Waals surface area contributed by atoms with Crippen LogP contribution in [0.5, 0.6) is 0 Å². The van der Waals surface area contributed by atoms with Crippen molar-refractivity contribution in [3.8, 4) is 0 Å². The Kier molecular flexibility index (Phi) is 6.75. The summed E-state index contributed by atoms with van der Waals surface area (Å²) in [5, 5.41) is 0. The van der Waals surface area contributed by atoms with Crippen LogP contribution in [0.4, 0.5) is 0 Å². The van der Waals surface area contributed by atoms with Crippen molar-refractivity contribution in [2.24, 2.45) is 0 Å². The van der Waals surface area contributed by atoms with Gasteiger partial charge in [0.2, 0.25) is 0 Å². The van der Waals surface area contributed by atoms with E-state index in [1.807, 2.05) is 7.05 Å². The van der Waals surface area contributed by atoms with E-state index in [4.69, 9.17) is 0 Å². The van der Waals surface area contributed by atoms with Crippen LogP contribution in [0.25, 0.3) is 0 Å². The second-order valence-electron chi connectivity index (χ2n) is 4.79. The fourth-order valence-corrected chi connectivity index (χ4v) is 2.96. The Morgan fingerprint density at radius 2 is 2.06 bits per heavy atom. The summed E-state index contributed by atoms with van der Waals surface area (Å²) in [4.78, 5) is 0. The van der Waals surface area contributed by atoms with Crippen LogP contribution in [-0.4, -0.2) is 17.9 Å². The number of rotatable bonds is 8. The largest absolute Gasteiger partial charge is 0.303 e. The van der Waals surface area contributed by atoms with Gasteiger partial charge in [0.1, 0.15) is 0 Å². The summed E-state index contributed by atoms with van der Waals surface area (Å²) >= 11 is 1.72. The zero-order valence-electron chi connectivity index (χ0n) is 11.7. The van der Waals surface area contributed by atoms with Crippen LogP contribution in [0, 0.1) is 0 Å². The van der Waals surface area contributed by atoms with Crippen LogP contribution in [0.3, 0.4) is 0 Å². The van der Waals surface area contributed by atoms with Gasteiger partial charge < -0.3 is 4.31 Å². The summed E-state index contributed by atoms with van der Waals surface area (Å²) in [5.74, 6) is 0. The second-order valence-corrected chi connectivity index (χ2v) is 5.82. The molecule has 3 heteroatoms. The van der Waals surface area contributed by atoms with Crippen molar-refractivity contribution in [3.05, 3.63) is 22.9 Å². The molecule has 1 rings (SSSR count). The van der Waals surface area contributed by atoms with Crippen molar-refractivity contribution in [1.82, 2.24) is 9.03 Å². The lowest BCUT2D eigenvalue weighted by Gasteiger charge is -2.23. The van der Waals surface area contributed by atoms with Crippen LogP contribution in [-0.2, 0) is 0 Å². The Bertz CT molecular complexity index is 295. The molecular weight excluding hydrogens is 228 g/mol. The Labute approximate surface area is 111 Å². The predicted molar refractivity (Wildman–Crippen MR) is 78.6 cm³/mol. The van der Waals surface area contributed by atoms with Crippen molar-refractivity contribution < 1.29 is 0 Å². The number of hydrogen-bond donors (Lipinski definition) is 1. The molecule has 0 atom stereocenters. The van der Waals surface area contributed by atoms with Gasteiger partial charge >= 0.3 is 0 Å². The van der Waals surface area contributed by atoms with Gasteiger partial charge in [0.25, 0.3) is 0 Å². The molecule has 0 aromatic heterocycles. The van der Waals surface area contributed by atoms with Gasteiger partial charge in [0.05, 0.1) is 0 Å². The highest BCUT2D eigenvalue weighted by Gasteiger charge is 2.16. The minimum atomic E-state index is 1.14. The minimum absolute atomic E-state index is 1.14. The number of nitrogens with zero attached hydrogens (tertiary/aromatic N) is 1. The average Bonchev–Trinajstić information content (AvgIpc) is 2.62. The van der Waals surface area contributed by atoms with E-state index in [9.17, 15) is 0 Å². The second kappa shape index (κ2) is 7.83. The lowest BCUT2D eigenvalue weighted by atomic mass is 10.2. The molecular formula is C14H26N2S. The normalized spacial score (nSPS) is 15.4. The molecule has 0 aliphatic heterocycles. The third-order valence-corrected chi connectivity index (χ3v) is 3.83. The summed E-state index contributed by atoms with van der Waals surface area (Å²) in [6.45, 7) is 7.87. The molecule has 0 spiro atoms. The molecule has 0 bridgehead atoms. The van der Waals surface area contributed by atoms with E-state index in [1.54, 1.807) is 12.1 Å². The average molecular weight is 254 g/mol. The molecule has 0 fully saturated rings. The highest BCUT2D eigenvalue weighted by Crippen LogP contribution is 2.30. The SMILES string of the molecule is CCCCCCN(SNC)C1=C(C)CC(C)=C1. The number of unbranched alkanes of at least 4 members (excludes halogenated alkanes) is 3. The Morgan fingerprint density at radius 1 is 1.29 bits per heavy atom. The number of nitrogens with one attached hydrogen (secondary N) is 1. The number of allylic oxidation sites excluding steroid dienone is 3. The molecule has 1 N–H and O–H groups in total. The van der Waals surface area contributed by atoms with E-state index >= 15 is 0 Å². The maximum atomic E-state index is 3.20. The molecule has 0 saturated heterocycles. The molecule has 1 aliphatic rings. The molecule has 98 valence electrons. The fourth-order valence-electron chi connectivity index (χ4n) is 2.21. The zero-order chi connectivity index (χ0) is 12.7. The van der Waals surface area contributed by atoms with Crippen molar-refractivity contribution in [3.63, 3.8) is 0 Å². The van der Waals surface area contributed by atoms with Gasteiger partial charge in [0.15, 0.2) is 0 Å². The molecule has 0 aromatic carbocycles. The lowest BCUT2D eigenvalue weighted by Crippen LogP contribution is -2.19. The molecule has 2 nitrogen and oxygen atoms in total. The van der Waals surface area contributed by atoms with Crippen molar-refractivity contribution in [2.45, 2.75) is 52.9 Å². The van der Waals surface area contributed by atoms with E-state index < -0.39 is 0 Å². The van der Waals surface area contributed by atoms with E-state index in [2.05, 4.69) is 35.9 Å². The first kappa shape index (κ1) is 14.7. The first-order chi connectivity index (χ1) is 8.19. The van der Waals surface area contributed by atoms with Crippen molar-refractivity contribution in [2.75, 3.05) is 13.6 Å². The number of hydrogen-bond acceptors (Lipinski definition) is 3. The van der Waals surface area contributed by atoms with Crippen LogP contribution >= 0.6 is 12.1 Å². The topological polar surface area (TPSA) is 15.3 Å². The Balaban J connectivity index is 2.50. The first-order valence-electron chi connectivity index (χ1n) is 6.67. The van der Waals surface area contributed by atoms with Gasteiger partial charge in [-0.25, -0.2) is 4.72 Å². The zero-order valence-corrected chi connectivity index (χ0v) is 12.5. The lowest BCUT2D eigenvalue weighted by molar-refractivity contribution is 0.526. The predicted octanol–water partition coefficient (Wildman–Crippen LogP) is 4.28. The van der Waals surface area contributed by atoms with Crippen LogP contribution < -0.4 is 4.72 Å². The monoisotopic (exact) mass is 254 g/mol. The summed E-state index contributed by atoms with van der Waals surface area (Å²) in [7, 11) is 1.99. The summed E-state index contributed by atoms with van der Waals surface area (Å²) in [5.41, 5.74) is 4.40. The molecule has 0 aromatic rings. The highest BCUT2D eigenvalue weighted by atomic mass is 32.2. The smallest absolute Gasteiger partial charge is 0.0473 e. The summed E-state index contributed by atoms with van der Waals surface area (Å²) < 4.78 is 5.60.